The molecule has 0 aliphatic heterocycles. The standard InChI is InChI=1S/C9H3Cl3O3S.Na/c10-7(13)3-1-4(8(11)14)6(16)5(2-3)9(12)15;/h1-2,16H;/q;+1. The number of hydrogen-bond acceptors (Lipinski definition) is 4. The van der Waals surface area contributed by atoms with Gasteiger partial charge in [0.05, 0.1) is 0 Å². The van der Waals surface area contributed by atoms with E-state index in [-0.39, 0.29) is 51.1 Å². The Labute approximate surface area is 139 Å². The first-order valence-corrected chi connectivity index (χ1v) is 5.39. The summed E-state index contributed by atoms with van der Waals surface area (Å²) >= 11 is 19.7. The third-order valence-electron chi connectivity index (χ3n) is 1.76. The number of carbonyl (C=O) groups excluding carboxylic acids is 3. The molecule has 0 N–H and O–H groups in total. The largest absolute Gasteiger partial charge is 1.00 e. The van der Waals surface area contributed by atoms with E-state index in [1.54, 1.807) is 0 Å². The average Bonchev–Trinajstić information content (AvgIpc) is 2.16. The summed E-state index contributed by atoms with van der Waals surface area (Å²) in [6.45, 7) is 0. The Morgan fingerprint density at radius 3 is 1.47 bits per heavy atom. The first-order chi connectivity index (χ1) is 7.34. The van der Waals surface area contributed by atoms with Crippen molar-refractivity contribution in [1.29, 1.82) is 0 Å². The Morgan fingerprint density at radius 1 is 0.882 bits per heavy atom. The number of benzene rings is 1. The number of halogens is 3. The molecule has 0 unspecified atom stereocenters. The van der Waals surface area contributed by atoms with Gasteiger partial charge in [-0.2, -0.15) is 0 Å². The summed E-state index contributed by atoms with van der Waals surface area (Å²) in [7, 11) is 0. The predicted molar refractivity (Wildman–Crippen MR) is 64.2 cm³/mol. The molecule has 0 amide bonds. The molecule has 8 heteroatoms. The van der Waals surface area contributed by atoms with Gasteiger partial charge in [-0.15, -0.1) is 12.6 Å². The van der Waals surface area contributed by atoms with Gasteiger partial charge < -0.3 is 0 Å². The van der Waals surface area contributed by atoms with Gasteiger partial charge in [0, 0.05) is 21.6 Å². The van der Waals surface area contributed by atoms with Gasteiger partial charge in [0.1, 0.15) is 0 Å². The molecular weight excluding hydrogens is 318 g/mol. The molecule has 1 aromatic rings. The molecular formula is C9H3Cl3NaO3S+. The van der Waals surface area contributed by atoms with E-state index in [4.69, 9.17) is 34.8 Å². The third kappa shape index (κ3) is 4.24. The van der Waals surface area contributed by atoms with Gasteiger partial charge in [-0.3, -0.25) is 14.4 Å². The average molecular weight is 321 g/mol. The summed E-state index contributed by atoms with van der Waals surface area (Å²) in [5, 5.41) is -2.54. The van der Waals surface area contributed by atoms with Crippen molar-refractivity contribution >= 4 is 63.2 Å². The van der Waals surface area contributed by atoms with Crippen LogP contribution in [-0.4, -0.2) is 15.7 Å². The summed E-state index contributed by atoms with van der Waals surface area (Å²) in [4.78, 5) is 33.0. The van der Waals surface area contributed by atoms with Crippen LogP contribution in [0.4, 0.5) is 0 Å². The molecule has 0 aromatic heterocycles. The summed E-state index contributed by atoms with van der Waals surface area (Å²) in [5.41, 5.74) is -0.242. The van der Waals surface area contributed by atoms with Crippen molar-refractivity contribution in [2.45, 2.75) is 4.90 Å². The van der Waals surface area contributed by atoms with Crippen molar-refractivity contribution in [3.8, 4) is 0 Å². The second-order valence-corrected chi connectivity index (χ2v) is 4.22. The van der Waals surface area contributed by atoms with Crippen LogP contribution < -0.4 is 29.6 Å². The van der Waals surface area contributed by atoms with Crippen LogP contribution in [-0.2, 0) is 0 Å². The minimum atomic E-state index is -0.857. The van der Waals surface area contributed by atoms with Crippen molar-refractivity contribution in [2.24, 2.45) is 0 Å². The smallest absolute Gasteiger partial charge is 0.276 e. The fourth-order valence-corrected chi connectivity index (χ4v) is 1.92. The molecule has 0 aliphatic carbocycles. The molecule has 1 rings (SSSR count). The molecule has 84 valence electrons. The number of carbonyl (C=O) groups is 3. The van der Waals surface area contributed by atoms with E-state index in [9.17, 15) is 14.4 Å². The monoisotopic (exact) mass is 319 g/mol. The normalized spacial score (nSPS) is 9.41. The van der Waals surface area contributed by atoms with Crippen LogP contribution in [0.3, 0.4) is 0 Å². The zero-order valence-electron chi connectivity index (χ0n) is 8.46. The van der Waals surface area contributed by atoms with Crippen LogP contribution in [0.25, 0.3) is 0 Å². The molecule has 0 aliphatic rings. The Kier molecular flexibility index (Phi) is 7.33. The van der Waals surface area contributed by atoms with E-state index < -0.39 is 15.7 Å². The summed E-state index contributed by atoms with van der Waals surface area (Å²) in [6, 6.07) is 2.30. The van der Waals surface area contributed by atoms with Crippen molar-refractivity contribution in [3.63, 3.8) is 0 Å². The number of thiol groups is 1. The molecule has 0 heterocycles. The third-order valence-corrected chi connectivity index (χ3v) is 2.87. The van der Waals surface area contributed by atoms with Gasteiger partial charge in [-0.25, -0.2) is 0 Å². The summed E-state index contributed by atoms with van der Waals surface area (Å²) in [6.07, 6.45) is 0. The topological polar surface area (TPSA) is 51.2 Å². The molecule has 0 radical (unpaired) electrons. The van der Waals surface area contributed by atoms with Gasteiger partial charge in [-0.05, 0) is 46.9 Å². The first kappa shape index (κ1) is 17.4. The Morgan fingerprint density at radius 2 is 1.24 bits per heavy atom. The van der Waals surface area contributed by atoms with Crippen LogP contribution in [0.15, 0.2) is 17.0 Å². The fourth-order valence-electron chi connectivity index (χ4n) is 1.05. The van der Waals surface area contributed by atoms with Crippen LogP contribution in [0.1, 0.15) is 31.1 Å². The second kappa shape index (κ2) is 7.14. The van der Waals surface area contributed by atoms with Gasteiger partial charge in [0.2, 0.25) is 0 Å². The Bertz CT molecular complexity index is 469. The van der Waals surface area contributed by atoms with Crippen molar-refractivity contribution < 1.29 is 43.9 Å². The molecule has 0 saturated heterocycles. The zero-order valence-corrected chi connectivity index (χ0v) is 13.6. The van der Waals surface area contributed by atoms with E-state index in [0.717, 1.165) is 12.1 Å². The van der Waals surface area contributed by atoms with Crippen LogP contribution in [0, 0.1) is 0 Å². The van der Waals surface area contributed by atoms with Gasteiger partial charge in [-0.1, -0.05) is 0 Å². The molecule has 0 saturated carbocycles. The maximum Gasteiger partial charge on any atom is 1.00 e. The van der Waals surface area contributed by atoms with Gasteiger partial charge in [0.25, 0.3) is 15.7 Å². The Balaban J connectivity index is 0.00000256. The SMILES string of the molecule is O=C(Cl)c1cc(C(=O)Cl)c(S)c(C(=O)Cl)c1.[Na+]. The molecule has 0 bridgehead atoms. The van der Waals surface area contributed by atoms with Gasteiger partial charge >= 0.3 is 29.6 Å². The Hall–Kier alpha value is 0.450. The first-order valence-electron chi connectivity index (χ1n) is 3.81. The summed E-state index contributed by atoms with van der Waals surface area (Å²) in [5.74, 6) is 0. The number of rotatable bonds is 3. The molecule has 0 atom stereocenters. The summed E-state index contributed by atoms with van der Waals surface area (Å²) < 4.78 is 0. The quantitative estimate of drug-likeness (QED) is 0.489. The zero-order chi connectivity index (χ0) is 12.5. The fraction of sp³-hybridized carbons (Fsp3) is 0. The van der Waals surface area contributed by atoms with Crippen LogP contribution in [0.2, 0.25) is 0 Å². The van der Waals surface area contributed by atoms with E-state index in [0.29, 0.717) is 0 Å². The van der Waals surface area contributed by atoms with E-state index in [2.05, 4.69) is 12.6 Å². The second-order valence-electron chi connectivity index (χ2n) is 2.74. The molecule has 1 aromatic carbocycles. The minimum absolute atomic E-state index is 0. The van der Waals surface area contributed by atoms with Crippen molar-refractivity contribution in [2.75, 3.05) is 0 Å². The maximum atomic E-state index is 11.0. The molecule has 17 heavy (non-hydrogen) atoms. The van der Waals surface area contributed by atoms with E-state index >= 15 is 0 Å². The van der Waals surface area contributed by atoms with Crippen molar-refractivity contribution in [3.05, 3.63) is 28.8 Å². The minimum Gasteiger partial charge on any atom is -0.276 e. The molecule has 0 spiro atoms. The van der Waals surface area contributed by atoms with Crippen LogP contribution in [0.5, 0.6) is 0 Å². The number of hydrogen-bond donors (Lipinski definition) is 1. The predicted octanol–water partition coefficient (Wildman–Crippen LogP) is 0.116. The van der Waals surface area contributed by atoms with Crippen molar-refractivity contribution in [1.82, 2.24) is 0 Å². The van der Waals surface area contributed by atoms with E-state index in [1.807, 2.05) is 0 Å². The van der Waals surface area contributed by atoms with Crippen LogP contribution >= 0.6 is 47.4 Å². The van der Waals surface area contributed by atoms with E-state index in [1.165, 1.54) is 0 Å². The maximum absolute atomic E-state index is 11.0. The molecule has 0 fully saturated rings. The van der Waals surface area contributed by atoms with Gasteiger partial charge in [0.15, 0.2) is 0 Å². The molecule has 3 nitrogen and oxygen atoms in total.